The highest BCUT2D eigenvalue weighted by atomic mass is 16.4. The van der Waals surface area contributed by atoms with E-state index in [0.29, 0.717) is 0 Å². The highest BCUT2D eigenvalue weighted by Gasteiger charge is 2.35. The molecule has 0 aliphatic carbocycles. The van der Waals surface area contributed by atoms with Crippen LogP contribution in [0.15, 0.2) is 23.3 Å². The minimum atomic E-state index is -1.21. The van der Waals surface area contributed by atoms with Crippen LogP contribution in [0.25, 0.3) is 0 Å². The Morgan fingerprint density at radius 1 is 1.45 bits per heavy atom. The van der Waals surface area contributed by atoms with E-state index in [9.17, 15) is 19.2 Å². The van der Waals surface area contributed by atoms with Crippen LogP contribution in [-0.2, 0) is 20.9 Å². The second kappa shape index (κ2) is 5.51. The maximum atomic E-state index is 12.1. The van der Waals surface area contributed by atoms with E-state index in [2.05, 4.69) is 10.3 Å². The molecule has 106 valence electrons. The largest absolute Gasteiger partial charge is 0.480 e. The molecule has 9 nitrogen and oxygen atoms in total. The molecule has 2 N–H and O–H groups in total. The summed E-state index contributed by atoms with van der Waals surface area (Å²) >= 11 is 0. The van der Waals surface area contributed by atoms with Crippen molar-refractivity contribution in [2.24, 2.45) is 0 Å². The number of hydrogen-bond acceptors (Lipinski definition) is 5. The third-order valence-corrected chi connectivity index (χ3v) is 2.88. The predicted molar refractivity (Wildman–Crippen MR) is 64.6 cm³/mol. The first-order chi connectivity index (χ1) is 9.49. The normalized spacial score (nSPS) is 18.5. The standard InChI is InChI=1S/C11H12N4O5/c16-8-5-15(7(4-13-8)10(18)19)9(17)6-14-3-1-2-12-11(14)20/h1-3,7H,4-6H2,(H,13,16)(H,18,19). The quantitative estimate of drug-likeness (QED) is 0.639. The molecule has 0 saturated carbocycles. The third kappa shape index (κ3) is 2.82. The van der Waals surface area contributed by atoms with Gasteiger partial charge in [0, 0.05) is 18.9 Å². The van der Waals surface area contributed by atoms with Crippen LogP contribution in [0, 0.1) is 0 Å². The van der Waals surface area contributed by atoms with Gasteiger partial charge in [-0.3, -0.25) is 14.2 Å². The zero-order valence-electron chi connectivity index (χ0n) is 10.4. The van der Waals surface area contributed by atoms with E-state index in [4.69, 9.17) is 5.11 Å². The fourth-order valence-corrected chi connectivity index (χ4v) is 1.87. The first-order valence-corrected chi connectivity index (χ1v) is 5.79. The van der Waals surface area contributed by atoms with Crippen LogP contribution in [0.4, 0.5) is 0 Å². The number of nitrogens with zero attached hydrogens (tertiary/aromatic N) is 3. The van der Waals surface area contributed by atoms with Crippen LogP contribution in [-0.4, -0.2) is 56.5 Å². The lowest BCUT2D eigenvalue weighted by atomic mass is 10.2. The lowest BCUT2D eigenvalue weighted by Gasteiger charge is -2.32. The SMILES string of the molecule is O=C1CN(C(=O)Cn2cccnc2=O)C(C(=O)O)CN1. The highest BCUT2D eigenvalue weighted by molar-refractivity contribution is 5.91. The molecule has 0 spiro atoms. The summed E-state index contributed by atoms with van der Waals surface area (Å²) in [5.74, 6) is -2.27. The number of rotatable bonds is 3. The van der Waals surface area contributed by atoms with Crippen molar-refractivity contribution in [3.05, 3.63) is 28.9 Å². The molecule has 2 rings (SSSR count). The first kappa shape index (κ1) is 13.7. The summed E-state index contributed by atoms with van der Waals surface area (Å²) in [4.78, 5) is 50.3. The van der Waals surface area contributed by atoms with Crippen molar-refractivity contribution in [3.8, 4) is 0 Å². The Kier molecular flexibility index (Phi) is 3.78. The van der Waals surface area contributed by atoms with Crippen molar-refractivity contribution in [2.75, 3.05) is 13.1 Å². The molecule has 0 radical (unpaired) electrons. The summed E-state index contributed by atoms with van der Waals surface area (Å²) < 4.78 is 1.05. The van der Waals surface area contributed by atoms with Gasteiger partial charge >= 0.3 is 11.7 Å². The number of hydrogen-bond donors (Lipinski definition) is 2. The molecule has 0 bridgehead atoms. The number of carbonyl (C=O) groups is 3. The lowest BCUT2D eigenvalue weighted by molar-refractivity contribution is -0.154. The Hall–Kier alpha value is -2.71. The van der Waals surface area contributed by atoms with Crippen molar-refractivity contribution in [1.82, 2.24) is 19.8 Å². The number of piperazine rings is 1. The third-order valence-electron chi connectivity index (χ3n) is 2.88. The molecule has 1 unspecified atom stereocenters. The number of carboxylic acid groups (broad SMARTS) is 1. The van der Waals surface area contributed by atoms with E-state index in [0.717, 1.165) is 9.47 Å². The number of amides is 2. The molecular formula is C11H12N4O5. The predicted octanol–water partition coefficient (Wildman–Crippen LogP) is -2.35. The van der Waals surface area contributed by atoms with Crippen molar-refractivity contribution in [3.63, 3.8) is 0 Å². The summed E-state index contributed by atoms with van der Waals surface area (Å²) in [7, 11) is 0. The smallest absolute Gasteiger partial charge is 0.347 e. The van der Waals surface area contributed by atoms with Crippen LogP contribution in [0.5, 0.6) is 0 Å². The Morgan fingerprint density at radius 2 is 2.20 bits per heavy atom. The summed E-state index contributed by atoms with van der Waals surface area (Å²) in [5, 5.41) is 11.4. The first-order valence-electron chi connectivity index (χ1n) is 5.79. The molecular weight excluding hydrogens is 268 g/mol. The Balaban J connectivity index is 2.17. The Labute approximate surface area is 112 Å². The fraction of sp³-hybridized carbons (Fsp3) is 0.364. The Morgan fingerprint density at radius 3 is 2.85 bits per heavy atom. The van der Waals surface area contributed by atoms with Gasteiger partial charge in [-0.05, 0) is 6.07 Å². The zero-order chi connectivity index (χ0) is 14.7. The summed E-state index contributed by atoms with van der Waals surface area (Å²) in [5.41, 5.74) is -0.616. The molecule has 1 aromatic rings. The van der Waals surface area contributed by atoms with Gasteiger partial charge in [0.1, 0.15) is 19.1 Å². The molecule has 1 atom stereocenters. The van der Waals surface area contributed by atoms with E-state index >= 15 is 0 Å². The van der Waals surface area contributed by atoms with Crippen molar-refractivity contribution >= 4 is 17.8 Å². The average Bonchev–Trinajstić information content (AvgIpc) is 2.40. The lowest BCUT2D eigenvalue weighted by Crippen LogP contribution is -2.60. The van der Waals surface area contributed by atoms with Gasteiger partial charge in [-0.15, -0.1) is 0 Å². The molecule has 2 heterocycles. The second-order valence-electron chi connectivity index (χ2n) is 4.21. The number of carbonyl (C=O) groups excluding carboxylic acids is 2. The van der Waals surface area contributed by atoms with Gasteiger partial charge in [0.25, 0.3) is 0 Å². The highest BCUT2D eigenvalue weighted by Crippen LogP contribution is 2.06. The summed E-state index contributed by atoms with van der Waals surface area (Å²) in [6, 6.07) is 0.347. The minimum absolute atomic E-state index is 0.151. The van der Waals surface area contributed by atoms with Crippen LogP contribution >= 0.6 is 0 Å². The van der Waals surface area contributed by atoms with E-state index in [1.54, 1.807) is 0 Å². The van der Waals surface area contributed by atoms with Crippen LogP contribution < -0.4 is 11.0 Å². The number of carboxylic acids is 1. The molecule has 1 aliphatic rings. The topological polar surface area (TPSA) is 122 Å². The monoisotopic (exact) mass is 280 g/mol. The number of aliphatic carboxylic acids is 1. The maximum absolute atomic E-state index is 12.1. The van der Waals surface area contributed by atoms with Crippen LogP contribution in [0.2, 0.25) is 0 Å². The number of aromatic nitrogens is 2. The number of nitrogens with one attached hydrogen (secondary N) is 1. The van der Waals surface area contributed by atoms with Gasteiger partial charge in [-0.25, -0.2) is 14.6 Å². The Bertz CT molecular complexity index is 611. The second-order valence-corrected chi connectivity index (χ2v) is 4.21. The summed E-state index contributed by atoms with van der Waals surface area (Å²) in [6.45, 7) is -0.851. The van der Waals surface area contributed by atoms with Crippen molar-refractivity contribution < 1.29 is 19.5 Å². The van der Waals surface area contributed by atoms with Gasteiger partial charge in [0.15, 0.2) is 0 Å². The van der Waals surface area contributed by atoms with Crippen molar-refractivity contribution in [2.45, 2.75) is 12.6 Å². The average molecular weight is 280 g/mol. The van der Waals surface area contributed by atoms with Gasteiger partial charge in [0.2, 0.25) is 11.8 Å². The minimum Gasteiger partial charge on any atom is -0.480 e. The summed E-state index contributed by atoms with van der Waals surface area (Å²) in [6.07, 6.45) is 2.66. The van der Waals surface area contributed by atoms with Crippen LogP contribution in [0.3, 0.4) is 0 Å². The fourth-order valence-electron chi connectivity index (χ4n) is 1.87. The van der Waals surface area contributed by atoms with Gasteiger partial charge < -0.3 is 15.3 Å². The van der Waals surface area contributed by atoms with Gasteiger partial charge in [-0.1, -0.05) is 0 Å². The van der Waals surface area contributed by atoms with Gasteiger partial charge in [-0.2, -0.15) is 0 Å². The van der Waals surface area contributed by atoms with Crippen LogP contribution in [0.1, 0.15) is 0 Å². The van der Waals surface area contributed by atoms with E-state index in [1.807, 2.05) is 0 Å². The zero-order valence-corrected chi connectivity index (χ0v) is 10.4. The maximum Gasteiger partial charge on any atom is 0.347 e. The molecule has 1 aromatic heterocycles. The van der Waals surface area contributed by atoms with Crippen molar-refractivity contribution in [1.29, 1.82) is 0 Å². The molecule has 1 fully saturated rings. The van der Waals surface area contributed by atoms with E-state index < -0.39 is 29.5 Å². The molecule has 9 heteroatoms. The molecule has 1 aliphatic heterocycles. The molecule has 2 amide bonds. The van der Waals surface area contributed by atoms with E-state index in [1.165, 1.54) is 18.5 Å². The van der Waals surface area contributed by atoms with E-state index in [-0.39, 0.29) is 19.6 Å². The molecule has 1 saturated heterocycles. The molecule has 0 aromatic carbocycles. The molecule has 20 heavy (non-hydrogen) atoms. The van der Waals surface area contributed by atoms with Gasteiger partial charge in [0.05, 0.1) is 0 Å².